The summed E-state index contributed by atoms with van der Waals surface area (Å²) in [6.07, 6.45) is 2.63. The van der Waals surface area contributed by atoms with Crippen molar-refractivity contribution in [3.8, 4) is 5.75 Å². The van der Waals surface area contributed by atoms with Crippen LogP contribution in [0.25, 0.3) is 0 Å². The molecule has 1 aliphatic heterocycles. The van der Waals surface area contributed by atoms with Crippen LogP contribution >= 0.6 is 0 Å². The molecule has 4 nitrogen and oxygen atoms in total. The fraction of sp³-hybridized carbons (Fsp3) is 0.625. The standard InChI is InChI=1S/C16H26FN3O/c1-19(9-10-20-7-3-4-8-20)12-15(18)13-5-6-16(21-2)14(17)11-13/h5-6,11,15H,3-4,7-10,12,18H2,1-2H3. The van der Waals surface area contributed by atoms with E-state index in [9.17, 15) is 4.39 Å². The number of hydrogen-bond donors (Lipinski definition) is 1. The van der Waals surface area contributed by atoms with Gasteiger partial charge in [-0.05, 0) is 50.7 Å². The van der Waals surface area contributed by atoms with Crippen molar-refractivity contribution in [3.05, 3.63) is 29.6 Å². The summed E-state index contributed by atoms with van der Waals surface area (Å²) in [5.41, 5.74) is 6.98. The molecule has 1 fully saturated rings. The lowest BCUT2D eigenvalue weighted by molar-refractivity contribution is 0.248. The van der Waals surface area contributed by atoms with Crippen LogP contribution in [0.2, 0.25) is 0 Å². The Morgan fingerprint density at radius 2 is 2.10 bits per heavy atom. The average molecular weight is 295 g/mol. The van der Waals surface area contributed by atoms with Gasteiger partial charge in [-0.2, -0.15) is 0 Å². The molecule has 0 saturated carbocycles. The van der Waals surface area contributed by atoms with Crippen molar-refractivity contribution in [2.75, 3.05) is 46.9 Å². The minimum Gasteiger partial charge on any atom is -0.494 e. The van der Waals surface area contributed by atoms with Crippen LogP contribution in [0.15, 0.2) is 18.2 Å². The van der Waals surface area contributed by atoms with E-state index in [2.05, 4.69) is 16.8 Å². The molecule has 5 heteroatoms. The zero-order valence-electron chi connectivity index (χ0n) is 13.0. The monoisotopic (exact) mass is 295 g/mol. The SMILES string of the molecule is COc1ccc(C(N)CN(C)CCN2CCCC2)cc1F. The van der Waals surface area contributed by atoms with Gasteiger partial charge in [0.05, 0.1) is 7.11 Å². The summed E-state index contributed by atoms with van der Waals surface area (Å²) in [6, 6.07) is 4.75. The first-order valence-electron chi connectivity index (χ1n) is 7.60. The molecule has 0 aliphatic carbocycles. The lowest BCUT2D eigenvalue weighted by atomic mass is 10.1. The Kier molecular flexibility index (Phi) is 5.96. The van der Waals surface area contributed by atoms with Crippen molar-refractivity contribution in [2.45, 2.75) is 18.9 Å². The van der Waals surface area contributed by atoms with E-state index < -0.39 is 0 Å². The Labute approximate surface area is 126 Å². The van der Waals surface area contributed by atoms with Crippen LogP contribution in [0.3, 0.4) is 0 Å². The topological polar surface area (TPSA) is 41.7 Å². The van der Waals surface area contributed by atoms with Gasteiger partial charge in [0, 0.05) is 25.7 Å². The van der Waals surface area contributed by atoms with E-state index in [-0.39, 0.29) is 17.6 Å². The number of rotatable bonds is 7. The van der Waals surface area contributed by atoms with Crippen LogP contribution in [0.4, 0.5) is 4.39 Å². The molecule has 2 N–H and O–H groups in total. The number of nitrogens with two attached hydrogens (primary N) is 1. The molecular formula is C16H26FN3O. The first-order chi connectivity index (χ1) is 10.1. The number of ether oxygens (including phenoxy) is 1. The number of hydrogen-bond acceptors (Lipinski definition) is 4. The highest BCUT2D eigenvalue weighted by atomic mass is 19.1. The quantitative estimate of drug-likeness (QED) is 0.834. The molecule has 1 aliphatic rings. The van der Waals surface area contributed by atoms with E-state index in [1.165, 1.54) is 39.1 Å². The summed E-state index contributed by atoms with van der Waals surface area (Å²) in [7, 11) is 3.53. The predicted octanol–water partition coefficient (Wildman–Crippen LogP) is 1.86. The number of benzene rings is 1. The predicted molar refractivity (Wildman–Crippen MR) is 83.1 cm³/mol. The van der Waals surface area contributed by atoms with Crippen LogP contribution < -0.4 is 10.5 Å². The highest BCUT2D eigenvalue weighted by Gasteiger charge is 2.15. The van der Waals surface area contributed by atoms with Crippen molar-refractivity contribution in [1.29, 1.82) is 0 Å². The van der Waals surface area contributed by atoms with E-state index in [1.807, 2.05) is 6.07 Å². The van der Waals surface area contributed by atoms with Gasteiger partial charge >= 0.3 is 0 Å². The van der Waals surface area contributed by atoms with Gasteiger partial charge < -0.3 is 20.3 Å². The molecule has 1 saturated heterocycles. The van der Waals surface area contributed by atoms with Gasteiger partial charge in [-0.15, -0.1) is 0 Å². The molecule has 0 aromatic heterocycles. The molecule has 118 valence electrons. The van der Waals surface area contributed by atoms with Gasteiger partial charge in [-0.3, -0.25) is 0 Å². The lowest BCUT2D eigenvalue weighted by Crippen LogP contribution is -2.35. The smallest absolute Gasteiger partial charge is 0.165 e. The molecule has 1 aromatic rings. The van der Waals surface area contributed by atoms with Gasteiger partial charge in [-0.1, -0.05) is 6.07 Å². The maximum atomic E-state index is 13.7. The van der Waals surface area contributed by atoms with Crippen molar-refractivity contribution in [1.82, 2.24) is 9.80 Å². The molecule has 1 aromatic carbocycles. The van der Waals surface area contributed by atoms with Crippen molar-refractivity contribution >= 4 is 0 Å². The van der Waals surface area contributed by atoms with Crippen LogP contribution in [0.1, 0.15) is 24.4 Å². The van der Waals surface area contributed by atoms with Crippen LogP contribution in [0.5, 0.6) is 5.75 Å². The summed E-state index contributed by atoms with van der Waals surface area (Å²) in [4.78, 5) is 4.69. The average Bonchev–Trinajstić information content (AvgIpc) is 2.98. The van der Waals surface area contributed by atoms with Crippen molar-refractivity contribution in [2.24, 2.45) is 5.73 Å². The number of halogens is 1. The Morgan fingerprint density at radius 3 is 2.71 bits per heavy atom. The summed E-state index contributed by atoms with van der Waals surface area (Å²) < 4.78 is 18.6. The Hall–Kier alpha value is -1.17. The second-order valence-electron chi connectivity index (χ2n) is 5.81. The van der Waals surface area contributed by atoms with Gasteiger partial charge in [-0.25, -0.2) is 4.39 Å². The molecule has 2 rings (SSSR count). The summed E-state index contributed by atoms with van der Waals surface area (Å²) in [6.45, 7) is 5.22. The van der Waals surface area contributed by atoms with E-state index >= 15 is 0 Å². The fourth-order valence-corrected chi connectivity index (χ4v) is 2.76. The second kappa shape index (κ2) is 7.73. The maximum absolute atomic E-state index is 13.7. The third kappa shape index (κ3) is 4.66. The van der Waals surface area contributed by atoms with Crippen molar-refractivity contribution in [3.63, 3.8) is 0 Å². The maximum Gasteiger partial charge on any atom is 0.165 e. The zero-order chi connectivity index (χ0) is 15.2. The third-order valence-corrected chi connectivity index (χ3v) is 4.11. The van der Waals surface area contributed by atoms with Crippen LogP contribution in [-0.2, 0) is 0 Å². The summed E-state index contributed by atoms with van der Waals surface area (Å²) >= 11 is 0. The summed E-state index contributed by atoms with van der Waals surface area (Å²) in [5, 5.41) is 0. The molecular weight excluding hydrogens is 269 g/mol. The first-order valence-corrected chi connectivity index (χ1v) is 7.60. The molecule has 1 unspecified atom stereocenters. The molecule has 0 bridgehead atoms. The van der Waals surface area contributed by atoms with E-state index in [1.54, 1.807) is 6.07 Å². The molecule has 0 amide bonds. The second-order valence-corrected chi connectivity index (χ2v) is 5.81. The highest BCUT2D eigenvalue weighted by molar-refractivity contribution is 5.31. The number of nitrogens with zero attached hydrogens (tertiary/aromatic N) is 2. The van der Waals surface area contributed by atoms with Crippen LogP contribution in [0, 0.1) is 5.82 Å². The minimum atomic E-state index is -0.356. The number of methoxy groups -OCH3 is 1. The third-order valence-electron chi connectivity index (χ3n) is 4.11. The zero-order valence-corrected chi connectivity index (χ0v) is 13.0. The Bertz CT molecular complexity index is 449. The molecule has 1 atom stereocenters. The largest absolute Gasteiger partial charge is 0.494 e. The number of likely N-dealkylation sites (tertiary alicyclic amines) is 1. The Balaban J connectivity index is 1.82. The van der Waals surface area contributed by atoms with E-state index in [0.717, 1.165) is 25.2 Å². The lowest BCUT2D eigenvalue weighted by Gasteiger charge is -2.24. The van der Waals surface area contributed by atoms with E-state index in [0.29, 0.717) is 0 Å². The molecule has 0 spiro atoms. The van der Waals surface area contributed by atoms with Gasteiger partial charge in [0.2, 0.25) is 0 Å². The Morgan fingerprint density at radius 1 is 1.38 bits per heavy atom. The van der Waals surface area contributed by atoms with Gasteiger partial charge in [0.1, 0.15) is 0 Å². The van der Waals surface area contributed by atoms with Crippen molar-refractivity contribution < 1.29 is 9.13 Å². The van der Waals surface area contributed by atoms with Crippen LogP contribution in [-0.4, -0.2) is 56.7 Å². The van der Waals surface area contributed by atoms with Gasteiger partial charge in [0.25, 0.3) is 0 Å². The normalized spacial score (nSPS) is 17.4. The minimum absolute atomic E-state index is 0.186. The van der Waals surface area contributed by atoms with E-state index in [4.69, 9.17) is 10.5 Å². The fourth-order valence-electron chi connectivity index (χ4n) is 2.76. The molecule has 0 radical (unpaired) electrons. The summed E-state index contributed by atoms with van der Waals surface area (Å²) in [5.74, 6) is -0.0986. The van der Waals surface area contributed by atoms with Gasteiger partial charge in [0.15, 0.2) is 11.6 Å². The first kappa shape index (κ1) is 16.2. The highest BCUT2D eigenvalue weighted by Crippen LogP contribution is 2.21. The molecule has 21 heavy (non-hydrogen) atoms. The molecule has 1 heterocycles. The number of likely N-dealkylation sites (N-methyl/N-ethyl adjacent to an activating group) is 1.